The maximum atomic E-state index is 12.5. The average molecular weight is 501 g/mol. The second-order valence-corrected chi connectivity index (χ2v) is 7.33. The summed E-state index contributed by atoms with van der Waals surface area (Å²) in [6, 6.07) is 1.81. The third-order valence-corrected chi connectivity index (χ3v) is 5.26. The number of nitrogens with zero attached hydrogens (tertiary/aromatic N) is 6. The van der Waals surface area contributed by atoms with Gasteiger partial charge in [-0.05, 0) is 24.8 Å². The third kappa shape index (κ3) is 6.18. The van der Waals surface area contributed by atoms with Gasteiger partial charge in [-0.15, -0.1) is 24.0 Å². The number of hydrogen-bond acceptors (Lipinski definition) is 5. The molecule has 9 heteroatoms. The highest BCUT2D eigenvalue weighted by Crippen LogP contribution is 2.15. The lowest BCUT2D eigenvalue weighted by Crippen LogP contribution is -2.50. The number of piperazine rings is 1. The van der Waals surface area contributed by atoms with Crippen molar-refractivity contribution in [1.82, 2.24) is 25.1 Å². The first-order valence-electron chi connectivity index (χ1n) is 9.92. The summed E-state index contributed by atoms with van der Waals surface area (Å²) in [5.41, 5.74) is 0. The summed E-state index contributed by atoms with van der Waals surface area (Å²) < 4.78 is 0. The first-order valence-corrected chi connectivity index (χ1v) is 9.92. The molecule has 2 aliphatic heterocycles. The van der Waals surface area contributed by atoms with E-state index in [-0.39, 0.29) is 29.9 Å². The molecule has 156 valence electrons. The van der Waals surface area contributed by atoms with Gasteiger partial charge in [-0.2, -0.15) is 0 Å². The molecule has 1 unspecified atom stereocenters. The molecular formula is C19H32IN7O. The van der Waals surface area contributed by atoms with E-state index in [1.165, 1.54) is 12.8 Å². The number of piperidine rings is 1. The summed E-state index contributed by atoms with van der Waals surface area (Å²) in [6.45, 7) is 7.97. The average Bonchev–Trinajstić information content (AvgIpc) is 2.72. The number of aromatic nitrogens is 2. The molecule has 0 aromatic carbocycles. The Morgan fingerprint density at radius 2 is 1.89 bits per heavy atom. The van der Waals surface area contributed by atoms with Crippen molar-refractivity contribution >= 4 is 41.8 Å². The second kappa shape index (κ2) is 11.4. The summed E-state index contributed by atoms with van der Waals surface area (Å²) in [6.07, 6.45) is 6.48. The van der Waals surface area contributed by atoms with Crippen molar-refractivity contribution in [2.24, 2.45) is 10.9 Å². The normalized spacial score (nSPS) is 20.6. The molecule has 3 heterocycles. The van der Waals surface area contributed by atoms with Gasteiger partial charge in [-0.25, -0.2) is 9.97 Å². The smallest absolute Gasteiger partial charge is 0.225 e. The van der Waals surface area contributed by atoms with Crippen molar-refractivity contribution in [3.05, 3.63) is 18.5 Å². The molecule has 2 fully saturated rings. The van der Waals surface area contributed by atoms with Crippen LogP contribution in [0.15, 0.2) is 23.5 Å². The Hall–Kier alpha value is -1.65. The lowest BCUT2D eigenvalue weighted by Gasteiger charge is -2.35. The zero-order chi connectivity index (χ0) is 19.1. The van der Waals surface area contributed by atoms with E-state index in [4.69, 9.17) is 0 Å². The fourth-order valence-electron chi connectivity index (χ4n) is 3.76. The maximum Gasteiger partial charge on any atom is 0.225 e. The number of halogens is 1. The zero-order valence-electron chi connectivity index (χ0n) is 16.9. The van der Waals surface area contributed by atoms with E-state index in [1.807, 2.05) is 18.0 Å². The van der Waals surface area contributed by atoms with Crippen molar-refractivity contribution in [2.75, 3.05) is 57.8 Å². The Kier molecular flexibility index (Phi) is 9.20. The van der Waals surface area contributed by atoms with Gasteiger partial charge in [-0.1, -0.05) is 6.92 Å². The molecule has 28 heavy (non-hydrogen) atoms. The van der Waals surface area contributed by atoms with Gasteiger partial charge in [-0.3, -0.25) is 9.79 Å². The molecule has 1 atom stereocenters. The Balaban J connectivity index is 0.00000280. The molecule has 2 aliphatic rings. The highest BCUT2D eigenvalue weighted by molar-refractivity contribution is 14.0. The molecule has 1 aromatic heterocycles. The predicted octanol–water partition coefficient (Wildman–Crippen LogP) is 1.44. The summed E-state index contributed by atoms with van der Waals surface area (Å²) in [7, 11) is 1.81. The minimum atomic E-state index is 0. The van der Waals surface area contributed by atoms with Crippen LogP contribution in [-0.2, 0) is 4.79 Å². The van der Waals surface area contributed by atoms with Crippen LogP contribution in [-0.4, -0.2) is 84.5 Å². The van der Waals surface area contributed by atoms with Crippen molar-refractivity contribution < 1.29 is 4.79 Å². The zero-order valence-corrected chi connectivity index (χ0v) is 19.2. The van der Waals surface area contributed by atoms with Gasteiger partial charge in [0.15, 0.2) is 5.96 Å². The van der Waals surface area contributed by atoms with E-state index in [9.17, 15) is 4.79 Å². The van der Waals surface area contributed by atoms with E-state index >= 15 is 0 Å². The second-order valence-electron chi connectivity index (χ2n) is 7.33. The number of hydrogen-bond donors (Lipinski definition) is 1. The molecule has 0 bridgehead atoms. The maximum absolute atomic E-state index is 12.5. The fraction of sp³-hybridized carbons (Fsp3) is 0.684. The van der Waals surface area contributed by atoms with E-state index in [2.05, 4.69) is 37.0 Å². The van der Waals surface area contributed by atoms with Gasteiger partial charge in [0.05, 0.1) is 0 Å². The first kappa shape index (κ1) is 22.6. The van der Waals surface area contributed by atoms with E-state index in [1.54, 1.807) is 12.4 Å². The molecule has 0 aliphatic carbocycles. The quantitative estimate of drug-likeness (QED) is 0.383. The van der Waals surface area contributed by atoms with Crippen LogP contribution in [0.3, 0.4) is 0 Å². The first-order chi connectivity index (χ1) is 13.2. The lowest BCUT2D eigenvalue weighted by atomic mass is 10.0. The minimum Gasteiger partial charge on any atom is -0.356 e. The van der Waals surface area contributed by atoms with Crippen LogP contribution in [0, 0.1) is 5.92 Å². The third-order valence-electron chi connectivity index (χ3n) is 5.26. The summed E-state index contributed by atoms with van der Waals surface area (Å²) in [4.78, 5) is 31.8. The van der Waals surface area contributed by atoms with Gasteiger partial charge in [0, 0.05) is 71.7 Å². The molecule has 0 radical (unpaired) electrons. The number of carbonyl (C=O) groups excluding carboxylic acids is 1. The van der Waals surface area contributed by atoms with Gasteiger partial charge in [0.1, 0.15) is 0 Å². The van der Waals surface area contributed by atoms with Crippen molar-refractivity contribution in [1.29, 1.82) is 0 Å². The molecule has 0 saturated carbocycles. The lowest BCUT2D eigenvalue weighted by molar-refractivity contribution is -0.131. The molecule has 1 N–H and O–H groups in total. The number of likely N-dealkylation sites (tertiary alicyclic amines) is 1. The Bertz CT molecular complexity index is 634. The fourth-order valence-corrected chi connectivity index (χ4v) is 3.76. The van der Waals surface area contributed by atoms with Crippen LogP contribution < -0.4 is 10.2 Å². The SMILES string of the molecule is CN=C(NCCC(=O)N1CCN(c2ncccn2)CC1)N1CCCC(C)C1.I. The molecule has 2 saturated heterocycles. The standard InChI is InChI=1S/C19H31N7O.HI/c1-16-5-3-10-26(15-16)18(20-2)23-9-6-17(27)24-11-13-25(14-12-24)19-21-7-4-8-22-19;/h4,7-8,16H,3,5-6,9-15H2,1-2H3,(H,20,23);1H. The number of nitrogens with one attached hydrogen (secondary N) is 1. The largest absolute Gasteiger partial charge is 0.356 e. The Labute approximate surface area is 184 Å². The summed E-state index contributed by atoms with van der Waals surface area (Å²) in [5, 5.41) is 3.36. The van der Waals surface area contributed by atoms with Crippen molar-refractivity contribution in [2.45, 2.75) is 26.2 Å². The van der Waals surface area contributed by atoms with Crippen LogP contribution >= 0.6 is 24.0 Å². The molecular weight excluding hydrogens is 469 g/mol. The van der Waals surface area contributed by atoms with Crippen LogP contribution in [0.5, 0.6) is 0 Å². The molecule has 0 spiro atoms. The van der Waals surface area contributed by atoms with Crippen LogP contribution in [0.25, 0.3) is 0 Å². The monoisotopic (exact) mass is 501 g/mol. The Morgan fingerprint density at radius 1 is 1.18 bits per heavy atom. The van der Waals surface area contributed by atoms with Crippen LogP contribution in [0.2, 0.25) is 0 Å². The van der Waals surface area contributed by atoms with Gasteiger partial charge < -0.3 is 20.0 Å². The minimum absolute atomic E-state index is 0. The van der Waals surface area contributed by atoms with Gasteiger partial charge >= 0.3 is 0 Å². The number of amides is 1. The summed E-state index contributed by atoms with van der Waals surface area (Å²) in [5.74, 6) is 2.55. The predicted molar refractivity (Wildman–Crippen MR) is 122 cm³/mol. The molecule has 1 aromatic rings. The van der Waals surface area contributed by atoms with E-state index in [0.717, 1.165) is 51.2 Å². The molecule has 3 rings (SSSR count). The van der Waals surface area contributed by atoms with E-state index in [0.29, 0.717) is 18.9 Å². The number of guanidine groups is 1. The number of rotatable bonds is 4. The molecule has 8 nitrogen and oxygen atoms in total. The van der Waals surface area contributed by atoms with Gasteiger partial charge in [0.2, 0.25) is 11.9 Å². The topological polar surface area (TPSA) is 77.0 Å². The summed E-state index contributed by atoms with van der Waals surface area (Å²) >= 11 is 0. The number of aliphatic imine (C=N–C) groups is 1. The van der Waals surface area contributed by atoms with Crippen LogP contribution in [0.4, 0.5) is 5.95 Å². The molecule has 1 amide bonds. The highest BCUT2D eigenvalue weighted by atomic mass is 127. The number of anilines is 1. The van der Waals surface area contributed by atoms with Crippen LogP contribution in [0.1, 0.15) is 26.2 Å². The number of carbonyl (C=O) groups is 1. The van der Waals surface area contributed by atoms with E-state index < -0.39 is 0 Å². The van der Waals surface area contributed by atoms with Crippen molar-refractivity contribution in [3.63, 3.8) is 0 Å². The van der Waals surface area contributed by atoms with Gasteiger partial charge in [0.25, 0.3) is 0 Å². The highest BCUT2D eigenvalue weighted by Gasteiger charge is 2.23. The Morgan fingerprint density at radius 3 is 2.54 bits per heavy atom. The van der Waals surface area contributed by atoms with Crippen molar-refractivity contribution in [3.8, 4) is 0 Å².